The lowest BCUT2D eigenvalue weighted by Crippen LogP contribution is -2.29. The lowest BCUT2D eigenvalue weighted by atomic mass is 9.91. The first-order valence-corrected chi connectivity index (χ1v) is 5.04. The summed E-state index contributed by atoms with van der Waals surface area (Å²) in [5.74, 6) is -3.57. The molecule has 0 radical (unpaired) electrons. The summed E-state index contributed by atoms with van der Waals surface area (Å²) in [6.07, 6.45) is 1.75. The average Bonchev–Trinajstić information content (AvgIpc) is 2.27. The highest BCUT2D eigenvalue weighted by Gasteiger charge is 2.22. The molecule has 0 aliphatic carbocycles. The Kier molecular flexibility index (Phi) is 2.95. The molecule has 1 saturated heterocycles. The Morgan fingerprint density at radius 2 is 1.93 bits per heavy atom. The number of hydrogen-bond acceptors (Lipinski definition) is 1. The van der Waals surface area contributed by atoms with Gasteiger partial charge in [0.15, 0.2) is 17.5 Å². The van der Waals surface area contributed by atoms with E-state index in [2.05, 4.69) is 5.32 Å². The predicted octanol–water partition coefficient (Wildman–Crippen LogP) is 2.57. The Morgan fingerprint density at radius 3 is 2.60 bits per heavy atom. The molecule has 1 atom stereocenters. The quantitative estimate of drug-likeness (QED) is 0.710. The van der Waals surface area contributed by atoms with Crippen molar-refractivity contribution in [3.05, 3.63) is 35.1 Å². The molecule has 0 spiro atoms. The van der Waals surface area contributed by atoms with E-state index < -0.39 is 17.5 Å². The van der Waals surface area contributed by atoms with Gasteiger partial charge in [-0.2, -0.15) is 0 Å². The van der Waals surface area contributed by atoms with Crippen LogP contribution in [0.5, 0.6) is 0 Å². The average molecular weight is 215 g/mol. The third-order valence-corrected chi connectivity index (χ3v) is 2.80. The lowest BCUT2D eigenvalue weighted by molar-refractivity contribution is 0.411. The molecular formula is C11H12F3N. The van der Waals surface area contributed by atoms with Gasteiger partial charge in [0.2, 0.25) is 0 Å². The molecule has 1 aromatic carbocycles. The van der Waals surface area contributed by atoms with Crippen LogP contribution in [0, 0.1) is 17.5 Å². The van der Waals surface area contributed by atoms with Crippen LogP contribution < -0.4 is 5.32 Å². The third-order valence-electron chi connectivity index (χ3n) is 2.80. The van der Waals surface area contributed by atoms with E-state index in [1.807, 2.05) is 0 Å². The first kappa shape index (κ1) is 10.5. The van der Waals surface area contributed by atoms with Crippen LogP contribution in [0.25, 0.3) is 0 Å². The van der Waals surface area contributed by atoms with Crippen LogP contribution in [-0.4, -0.2) is 13.1 Å². The van der Waals surface area contributed by atoms with Crippen LogP contribution in [-0.2, 0) is 0 Å². The van der Waals surface area contributed by atoms with Gasteiger partial charge < -0.3 is 5.32 Å². The Labute approximate surface area is 86.3 Å². The number of rotatable bonds is 1. The highest BCUT2D eigenvalue weighted by Crippen LogP contribution is 2.27. The minimum Gasteiger partial charge on any atom is -0.316 e. The van der Waals surface area contributed by atoms with Crippen LogP contribution in [0.1, 0.15) is 24.3 Å². The van der Waals surface area contributed by atoms with Crippen LogP contribution in [0.4, 0.5) is 13.2 Å². The number of halogens is 3. The van der Waals surface area contributed by atoms with Crippen LogP contribution in [0.15, 0.2) is 12.1 Å². The second-order valence-electron chi connectivity index (χ2n) is 3.81. The SMILES string of the molecule is Fc1ccc([C@H]2CCCNC2)c(F)c1F. The molecule has 0 saturated carbocycles. The number of piperidine rings is 1. The van der Waals surface area contributed by atoms with E-state index in [-0.39, 0.29) is 11.5 Å². The van der Waals surface area contributed by atoms with Gasteiger partial charge in [-0.25, -0.2) is 13.2 Å². The molecule has 15 heavy (non-hydrogen) atoms. The van der Waals surface area contributed by atoms with Gasteiger partial charge in [0, 0.05) is 6.54 Å². The summed E-state index contributed by atoms with van der Waals surface area (Å²) in [5.41, 5.74) is 0.279. The zero-order chi connectivity index (χ0) is 10.8. The Bertz CT molecular complexity index is 359. The van der Waals surface area contributed by atoms with Crippen molar-refractivity contribution in [3.8, 4) is 0 Å². The van der Waals surface area contributed by atoms with E-state index in [1.165, 1.54) is 6.07 Å². The molecule has 1 fully saturated rings. The maximum absolute atomic E-state index is 13.4. The fraction of sp³-hybridized carbons (Fsp3) is 0.455. The molecule has 1 heterocycles. The van der Waals surface area contributed by atoms with Crippen molar-refractivity contribution in [2.75, 3.05) is 13.1 Å². The second kappa shape index (κ2) is 4.23. The molecule has 1 nitrogen and oxygen atoms in total. The zero-order valence-electron chi connectivity index (χ0n) is 8.19. The zero-order valence-corrected chi connectivity index (χ0v) is 8.19. The van der Waals surface area contributed by atoms with Crippen LogP contribution in [0.2, 0.25) is 0 Å². The first-order valence-electron chi connectivity index (χ1n) is 5.04. The maximum Gasteiger partial charge on any atom is 0.194 e. The molecule has 82 valence electrons. The van der Waals surface area contributed by atoms with Crippen molar-refractivity contribution in [2.24, 2.45) is 0 Å². The molecule has 1 aliphatic rings. The minimum absolute atomic E-state index is 0.0474. The highest BCUT2D eigenvalue weighted by atomic mass is 19.2. The monoisotopic (exact) mass is 215 g/mol. The van der Waals surface area contributed by atoms with E-state index in [0.717, 1.165) is 25.5 Å². The van der Waals surface area contributed by atoms with Gasteiger partial charge in [0.1, 0.15) is 0 Å². The number of benzene rings is 1. The second-order valence-corrected chi connectivity index (χ2v) is 3.81. The molecule has 1 aliphatic heterocycles. The molecule has 4 heteroatoms. The fourth-order valence-electron chi connectivity index (χ4n) is 1.97. The summed E-state index contributed by atoms with van der Waals surface area (Å²) < 4.78 is 39.1. The molecule has 0 bridgehead atoms. The summed E-state index contributed by atoms with van der Waals surface area (Å²) in [7, 11) is 0. The topological polar surface area (TPSA) is 12.0 Å². The van der Waals surface area contributed by atoms with E-state index in [4.69, 9.17) is 0 Å². The predicted molar refractivity (Wildman–Crippen MR) is 51.2 cm³/mol. The summed E-state index contributed by atoms with van der Waals surface area (Å²) in [4.78, 5) is 0. The molecule has 2 rings (SSSR count). The van der Waals surface area contributed by atoms with Crippen molar-refractivity contribution in [1.82, 2.24) is 5.32 Å². The van der Waals surface area contributed by atoms with Crippen molar-refractivity contribution in [3.63, 3.8) is 0 Å². The lowest BCUT2D eigenvalue weighted by Gasteiger charge is -2.23. The molecule has 0 aromatic heterocycles. The minimum atomic E-state index is -1.36. The Morgan fingerprint density at radius 1 is 1.13 bits per heavy atom. The van der Waals surface area contributed by atoms with Crippen molar-refractivity contribution >= 4 is 0 Å². The molecule has 0 unspecified atom stereocenters. The smallest absolute Gasteiger partial charge is 0.194 e. The fourth-order valence-corrected chi connectivity index (χ4v) is 1.97. The van der Waals surface area contributed by atoms with Crippen molar-refractivity contribution in [1.29, 1.82) is 0 Å². The molecule has 0 amide bonds. The van der Waals surface area contributed by atoms with E-state index >= 15 is 0 Å². The highest BCUT2D eigenvalue weighted by molar-refractivity contribution is 5.24. The van der Waals surface area contributed by atoms with Crippen LogP contribution in [0.3, 0.4) is 0 Å². The molecule has 1 aromatic rings. The number of hydrogen-bond donors (Lipinski definition) is 1. The van der Waals surface area contributed by atoms with E-state index in [1.54, 1.807) is 0 Å². The van der Waals surface area contributed by atoms with Gasteiger partial charge in [-0.05, 0) is 36.9 Å². The van der Waals surface area contributed by atoms with Crippen LogP contribution >= 0.6 is 0 Å². The summed E-state index contributed by atoms with van der Waals surface area (Å²) >= 11 is 0. The standard InChI is InChI=1S/C11H12F3N/c12-9-4-3-8(10(13)11(9)14)7-2-1-5-15-6-7/h3-4,7,15H,1-2,5-6H2/t7-/m0/s1. The number of nitrogens with one attached hydrogen (secondary N) is 1. The van der Waals surface area contributed by atoms with Gasteiger partial charge in [-0.1, -0.05) is 6.07 Å². The van der Waals surface area contributed by atoms with Crippen molar-refractivity contribution < 1.29 is 13.2 Å². The van der Waals surface area contributed by atoms with E-state index in [0.29, 0.717) is 6.54 Å². The third kappa shape index (κ3) is 2.00. The molecular weight excluding hydrogens is 203 g/mol. The van der Waals surface area contributed by atoms with Gasteiger partial charge in [-0.3, -0.25) is 0 Å². The first-order chi connectivity index (χ1) is 7.20. The van der Waals surface area contributed by atoms with E-state index in [9.17, 15) is 13.2 Å². The van der Waals surface area contributed by atoms with Gasteiger partial charge in [0.05, 0.1) is 0 Å². The van der Waals surface area contributed by atoms with Gasteiger partial charge in [0.25, 0.3) is 0 Å². The summed E-state index contributed by atoms with van der Waals surface area (Å²) in [5, 5.41) is 3.11. The molecule has 1 N–H and O–H groups in total. The Balaban J connectivity index is 2.31. The van der Waals surface area contributed by atoms with Crippen molar-refractivity contribution in [2.45, 2.75) is 18.8 Å². The summed E-state index contributed by atoms with van der Waals surface area (Å²) in [6, 6.07) is 2.33. The van der Waals surface area contributed by atoms with Gasteiger partial charge >= 0.3 is 0 Å². The normalized spacial score (nSPS) is 21.7. The Hall–Kier alpha value is -1.03. The largest absolute Gasteiger partial charge is 0.316 e. The van der Waals surface area contributed by atoms with Gasteiger partial charge in [-0.15, -0.1) is 0 Å². The summed E-state index contributed by atoms with van der Waals surface area (Å²) in [6.45, 7) is 1.53. The maximum atomic E-state index is 13.4.